The smallest absolute Gasteiger partial charge is 0.408 e. The van der Waals surface area contributed by atoms with Gasteiger partial charge in [-0.2, -0.15) is 11.8 Å². The highest BCUT2D eigenvalue weighted by Gasteiger charge is 2.39. The van der Waals surface area contributed by atoms with Gasteiger partial charge in [-0.25, -0.2) is 4.79 Å². The second-order valence-electron chi connectivity index (χ2n) is 12.6. The number of anilines is 1. The van der Waals surface area contributed by atoms with E-state index in [1.165, 1.54) is 12.1 Å². The van der Waals surface area contributed by atoms with Crippen LogP contribution in [0, 0.1) is 5.92 Å². The molecule has 0 aliphatic carbocycles. The van der Waals surface area contributed by atoms with Crippen molar-refractivity contribution >= 4 is 46.1 Å². The van der Waals surface area contributed by atoms with Crippen molar-refractivity contribution in [1.29, 1.82) is 0 Å². The Balaban J connectivity index is 2.08. The normalized spacial score (nSPS) is 13.6. The Labute approximate surface area is 265 Å². The highest BCUT2D eigenvalue weighted by Crippen LogP contribution is 2.31. The predicted octanol–water partition coefficient (Wildman–Crippen LogP) is 7.52. The lowest BCUT2D eigenvalue weighted by atomic mass is 9.96. The Morgan fingerprint density at radius 1 is 0.909 bits per heavy atom. The summed E-state index contributed by atoms with van der Waals surface area (Å²) in [5, 5.41) is 18.3. The van der Waals surface area contributed by atoms with Gasteiger partial charge in [0.1, 0.15) is 23.4 Å². The van der Waals surface area contributed by atoms with E-state index in [0.717, 1.165) is 17.2 Å². The van der Waals surface area contributed by atoms with Gasteiger partial charge in [-0.1, -0.05) is 56.3 Å². The minimum absolute atomic E-state index is 0.0148. The maximum absolute atomic E-state index is 14.6. The van der Waals surface area contributed by atoms with Crippen LogP contribution in [0.1, 0.15) is 72.4 Å². The van der Waals surface area contributed by atoms with Crippen molar-refractivity contribution in [2.24, 2.45) is 5.92 Å². The van der Waals surface area contributed by atoms with Crippen molar-refractivity contribution < 1.29 is 24.2 Å². The third-order valence-electron chi connectivity index (χ3n) is 7.22. The lowest BCUT2D eigenvalue weighted by Gasteiger charge is -2.39. The van der Waals surface area contributed by atoms with Gasteiger partial charge >= 0.3 is 6.09 Å². The summed E-state index contributed by atoms with van der Waals surface area (Å²) >= 11 is 1.56. The minimum atomic E-state index is -1.08. The number of thioether (sulfide) groups is 1. The zero-order valence-electron chi connectivity index (χ0n) is 26.9. The van der Waals surface area contributed by atoms with Crippen LogP contribution >= 0.6 is 11.8 Å². The molecule has 3 atom stereocenters. The van der Waals surface area contributed by atoms with Crippen LogP contribution in [0.25, 0.3) is 10.8 Å². The van der Waals surface area contributed by atoms with Crippen molar-refractivity contribution in [3.05, 3.63) is 72.3 Å². The number of aromatic hydroxyl groups is 1. The number of alkyl carbamates (subject to hydrolysis) is 1. The van der Waals surface area contributed by atoms with Gasteiger partial charge in [0.05, 0.1) is 0 Å². The first kappa shape index (κ1) is 34.8. The molecule has 0 heterocycles. The molecule has 3 unspecified atom stereocenters. The number of rotatable bonds is 13. The minimum Gasteiger partial charge on any atom is -0.508 e. The molecule has 9 heteroatoms. The van der Waals surface area contributed by atoms with Crippen molar-refractivity contribution in [3.63, 3.8) is 0 Å². The van der Waals surface area contributed by atoms with E-state index in [1.54, 1.807) is 49.6 Å². The summed E-state index contributed by atoms with van der Waals surface area (Å²) in [4.78, 5) is 43.3. The third kappa shape index (κ3) is 10.2. The summed E-state index contributed by atoms with van der Waals surface area (Å²) in [5.41, 5.74) is 0.312. The average Bonchev–Trinajstić information content (AvgIpc) is 2.95. The molecule has 0 fully saturated rings. The summed E-state index contributed by atoms with van der Waals surface area (Å²) in [6.07, 6.45) is 3.07. The molecule has 0 aromatic heterocycles. The van der Waals surface area contributed by atoms with Gasteiger partial charge in [-0.15, -0.1) is 0 Å². The zero-order chi connectivity index (χ0) is 32.4. The number of hydrogen-bond acceptors (Lipinski definition) is 6. The maximum Gasteiger partial charge on any atom is 0.408 e. The van der Waals surface area contributed by atoms with E-state index in [1.807, 2.05) is 55.6 Å². The number of amides is 3. The van der Waals surface area contributed by atoms with Crippen LogP contribution in [-0.2, 0) is 14.3 Å². The largest absolute Gasteiger partial charge is 0.508 e. The Kier molecular flexibility index (Phi) is 12.5. The number of hydrogen-bond donors (Lipinski definition) is 3. The number of nitrogens with one attached hydrogen (secondary N) is 2. The summed E-state index contributed by atoms with van der Waals surface area (Å²) < 4.78 is 5.50. The topological polar surface area (TPSA) is 108 Å². The van der Waals surface area contributed by atoms with Crippen molar-refractivity contribution in [3.8, 4) is 5.75 Å². The van der Waals surface area contributed by atoms with Gasteiger partial charge in [-0.3, -0.25) is 9.59 Å². The van der Waals surface area contributed by atoms with E-state index in [0.29, 0.717) is 35.8 Å². The Bertz CT molecular complexity index is 1420. The van der Waals surface area contributed by atoms with Crippen LogP contribution in [0.15, 0.2) is 66.7 Å². The summed E-state index contributed by atoms with van der Waals surface area (Å²) in [7, 11) is 0. The monoisotopic (exact) mass is 621 g/mol. The van der Waals surface area contributed by atoms with E-state index < -0.39 is 29.7 Å². The SMILES string of the molecule is CSCCC(NC(=O)OC(C)(C)C)C(=O)N(C(C)CCC(C)C)C(C(=O)Nc1ccc2ccccc2c1)c1cccc(O)c1. The molecule has 3 rings (SSSR count). The first-order valence-electron chi connectivity index (χ1n) is 15.2. The van der Waals surface area contributed by atoms with Gasteiger partial charge in [0.25, 0.3) is 5.91 Å². The second kappa shape index (κ2) is 15.8. The van der Waals surface area contributed by atoms with Gasteiger partial charge in [-0.05, 0) is 105 Å². The Morgan fingerprint density at radius 3 is 2.25 bits per heavy atom. The number of benzene rings is 3. The molecule has 3 N–H and O–H groups in total. The molecular weight excluding hydrogens is 574 g/mol. The number of fused-ring (bicyclic) bond motifs is 1. The zero-order valence-corrected chi connectivity index (χ0v) is 27.7. The van der Waals surface area contributed by atoms with E-state index >= 15 is 0 Å². The van der Waals surface area contributed by atoms with E-state index in [2.05, 4.69) is 24.5 Å². The van der Waals surface area contributed by atoms with Crippen molar-refractivity contribution in [1.82, 2.24) is 10.2 Å². The van der Waals surface area contributed by atoms with Crippen molar-refractivity contribution in [2.75, 3.05) is 17.3 Å². The first-order chi connectivity index (χ1) is 20.8. The fourth-order valence-electron chi connectivity index (χ4n) is 5.05. The number of carbonyl (C=O) groups is 3. The lowest BCUT2D eigenvalue weighted by Crippen LogP contribution is -2.55. The number of nitrogens with zero attached hydrogens (tertiary/aromatic N) is 1. The number of phenolic OH excluding ortho intramolecular Hbond substituents is 1. The van der Waals surface area contributed by atoms with Gasteiger partial charge in [0, 0.05) is 11.7 Å². The van der Waals surface area contributed by atoms with Gasteiger partial charge < -0.3 is 25.4 Å². The maximum atomic E-state index is 14.6. The number of phenols is 1. The van der Waals surface area contributed by atoms with Crippen LogP contribution in [0.4, 0.5) is 10.5 Å². The third-order valence-corrected chi connectivity index (χ3v) is 7.86. The molecule has 0 aliphatic heterocycles. The molecule has 0 saturated carbocycles. The second-order valence-corrected chi connectivity index (χ2v) is 13.6. The standard InChI is InChI=1S/C35H47N3O5S/c1-23(2)15-16-24(3)38(33(41)30(19-20-44-7)37-34(42)43-35(4,5)6)31(27-13-10-14-29(39)22-27)32(40)36-28-18-17-25-11-8-9-12-26(25)21-28/h8-14,17-18,21-24,30-31,39H,15-16,19-20H2,1-7H3,(H,36,40)(H,37,42). The molecule has 44 heavy (non-hydrogen) atoms. The Morgan fingerprint density at radius 2 is 1.61 bits per heavy atom. The fraction of sp³-hybridized carbons (Fsp3) is 0.457. The van der Waals surface area contributed by atoms with Crippen LogP contribution in [0.3, 0.4) is 0 Å². The van der Waals surface area contributed by atoms with E-state index in [9.17, 15) is 19.5 Å². The average molecular weight is 622 g/mol. The highest BCUT2D eigenvalue weighted by molar-refractivity contribution is 7.98. The molecule has 3 aromatic rings. The van der Waals surface area contributed by atoms with Crippen LogP contribution in [0.2, 0.25) is 0 Å². The molecule has 0 aliphatic rings. The molecule has 0 bridgehead atoms. The summed E-state index contributed by atoms with van der Waals surface area (Å²) in [6.45, 7) is 11.5. The van der Waals surface area contributed by atoms with Gasteiger partial charge in [0.2, 0.25) is 5.91 Å². The molecule has 0 saturated heterocycles. The fourth-order valence-corrected chi connectivity index (χ4v) is 5.52. The van der Waals surface area contributed by atoms with Crippen LogP contribution in [0.5, 0.6) is 5.75 Å². The number of carbonyl (C=O) groups excluding carboxylic acids is 3. The quantitative estimate of drug-likeness (QED) is 0.182. The van der Waals surface area contributed by atoms with E-state index in [-0.39, 0.29) is 17.7 Å². The molecule has 8 nitrogen and oxygen atoms in total. The lowest BCUT2D eigenvalue weighted by molar-refractivity contribution is -0.143. The van der Waals surface area contributed by atoms with Crippen molar-refractivity contribution in [2.45, 2.75) is 84.5 Å². The Hall–Kier alpha value is -3.72. The number of ether oxygens (including phenoxy) is 1. The molecule has 0 spiro atoms. The molecule has 238 valence electrons. The molecular formula is C35H47N3O5S. The predicted molar refractivity (Wildman–Crippen MR) is 180 cm³/mol. The van der Waals surface area contributed by atoms with E-state index in [4.69, 9.17) is 4.74 Å². The first-order valence-corrected chi connectivity index (χ1v) is 16.6. The highest BCUT2D eigenvalue weighted by atomic mass is 32.2. The van der Waals surface area contributed by atoms with Crippen LogP contribution < -0.4 is 10.6 Å². The molecule has 3 amide bonds. The van der Waals surface area contributed by atoms with Crippen LogP contribution in [-0.4, -0.2) is 57.6 Å². The summed E-state index contributed by atoms with van der Waals surface area (Å²) in [6, 6.07) is 17.6. The summed E-state index contributed by atoms with van der Waals surface area (Å²) in [5.74, 6) is 0.173. The van der Waals surface area contributed by atoms with Gasteiger partial charge in [0.15, 0.2) is 0 Å². The molecule has 0 radical (unpaired) electrons. The molecule has 3 aromatic carbocycles.